The van der Waals surface area contributed by atoms with Crippen molar-refractivity contribution >= 4 is 11.9 Å². The lowest BCUT2D eigenvalue weighted by atomic mass is 9.92. The van der Waals surface area contributed by atoms with Crippen LogP contribution in [-0.4, -0.2) is 28.3 Å². The maximum atomic E-state index is 12.0. The van der Waals surface area contributed by atoms with E-state index in [4.69, 9.17) is 15.7 Å². The quantitative estimate of drug-likeness (QED) is 0.343. The Labute approximate surface area is 125 Å². The molecule has 0 saturated carbocycles. The van der Waals surface area contributed by atoms with Gasteiger partial charge in [0.15, 0.2) is 5.84 Å². The number of carbonyl (C=O) groups excluding carboxylic acids is 1. The predicted molar refractivity (Wildman–Crippen MR) is 81.3 cm³/mol. The van der Waals surface area contributed by atoms with Gasteiger partial charge in [0.2, 0.25) is 0 Å². The van der Waals surface area contributed by atoms with E-state index in [1.54, 1.807) is 27.7 Å². The Morgan fingerprint density at radius 2 is 1.86 bits per heavy atom. The third kappa shape index (κ3) is 5.33. The van der Waals surface area contributed by atoms with Crippen molar-refractivity contribution < 1.29 is 14.7 Å². The van der Waals surface area contributed by atoms with Gasteiger partial charge < -0.3 is 21.0 Å². The Morgan fingerprint density at radius 1 is 1.29 bits per heavy atom. The molecule has 1 atom stereocenters. The van der Waals surface area contributed by atoms with Gasteiger partial charge in [-0.2, -0.15) is 0 Å². The van der Waals surface area contributed by atoms with E-state index in [-0.39, 0.29) is 5.84 Å². The number of rotatable bonds is 4. The summed E-state index contributed by atoms with van der Waals surface area (Å²) in [7, 11) is 0. The minimum absolute atomic E-state index is 0.0859. The number of oxime groups is 1. The van der Waals surface area contributed by atoms with Crippen molar-refractivity contribution in [2.45, 2.75) is 45.3 Å². The predicted octanol–water partition coefficient (Wildman–Crippen LogP) is 2.26. The minimum Gasteiger partial charge on any atom is -0.444 e. The molecule has 6 heteroatoms. The summed E-state index contributed by atoms with van der Waals surface area (Å²) in [5.41, 5.74) is 5.02. The van der Waals surface area contributed by atoms with Crippen LogP contribution in [0.3, 0.4) is 0 Å². The molecule has 0 unspecified atom stereocenters. The largest absolute Gasteiger partial charge is 0.444 e. The molecule has 21 heavy (non-hydrogen) atoms. The lowest BCUT2D eigenvalue weighted by Crippen LogP contribution is -2.57. The molecule has 0 aliphatic rings. The molecule has 0 fully saturated rings. The van der Waals surface area contributed by atoms with Gasteiger partial charge in [-0.3, -0.25) is 0 Å². The SMILES string of the molecule is CC(C)(C)OC(=O)N[C@](C)(Cc1ccccc1)/C(N)=N/O. The Hall–Kier alpha value is -2.24. The molecule has 0 aromatic heterocycles. The van der Waals surface area contributed by atoms with Crippen LogP contribution in [0.2, 0.25) is 0 Å². The molecular formula is C15H23N3O3. The van der Waals surface area contributed by atoms with Crippen molar-refractivity contribution in [3.63, 3.8) is 0 Å². The summed E-state index contributed by atoms with van der Waals surface area (Å²) in [5.74, 6) is -0.0859. The summed E-state index contributed by atoms with van der Waals surface area (Å²) in [5, 5.41) is 14.7. The minimum atomic E-state index is -1.04. The molecule has 116 valence electrons. The highest BCUT2D eigenvalue weighted by Crippen LogP contribution is 2.15. The smallest absolute Gasteiger partial charge is 0.408 e. The van der Waals surface area contributed by atoms with Gasteiger partial charge in [-0.1, -0.05) is 35.5 Å². The molecule has 0 spiro atoms. The highest BCUT2D eigenvalue weighted by molar-refractivity contribution is 5.92. The van der Waals surface area contributed by atoms with Crippen molar-refractivity contribution in [1.82, 2.24) is 5.32 Å². The van der Waals surface area contributed by atoms with Crippen molar-refractivity contribution in [3.8, 4) is 0 Å². The Morgan fingerprint density at radius 3 is 2.33 bits per heavy atom. The number of carbonyl (C=O) groups is 1. The fourth-order valence-corrected chi connectivity index (χ4v) is 1.84. The van der Waals surface area contributed by atoms with E-state index in [0.29, 0.717) is 6.42 Å². The summed E-state index contributed by atoms with van der Waals surface area (Å²) in [6.07, 6.45) is -0.240. The van der Waals surface area contributed by atoms with Gasteiger partial charge >= 0.3 is 6.09 Å². The van der Waals surface area contributed by atoms with Gasteiger partial charge in [0, 0.05) is 6.42 Å². The zero-order valence-corrected chi connectivity index (χ0v) is 12.9. The molecule has 1 amide bonds. The zero-order valence-electron chi connectivity index (χ0n) is 12.9. The fraction of sp³-hybridized carbons (Fsp3) is 0.467. The Kier molecular flexibility index (Phi) is 5.18. The lowest BCUT2D eigenvalue weighted by molar-refractivity contribution is 0.0490. The van der Waals surface area contributed by atoms with Gasteiger partial charge in [0.05, 0.1) is 0 Å². The van der Waals surface area contributed by atoms with Crippen LogP contribution in [0.4, 0.5) is 4.79 Å². The fourth-order valence-electron chi connectivity index (χ4n) is 1.84. The van der Waals surface area contributed by atoms with Gasteiger partial charge in [-0.05, 0) is 33.3 Å². The van der Waals surface area contributed by atoms with Gasteiger partial charge in [-0.15, -0.1) is 0 Å². The first-order chi connectivity index (χ1) is 9.66. The van der Waals surface area contributed by atoms with E-state index in [9.17, 15) is 4.79 Å². The molecule has 0 heterocycles. The standard InChI is InChI=1S/C15H23N3O3/c1-14(2,3)21-13(19)17-15(4,12(16)18-20)10-11-8-6-5-7-9-11/h5-9,20H,10H2,1-4H3,(H2,16,18)(H,17,19)/t15-/m1/s1. The number of amides is 1. The molecule has 4 N–H and O–H groups in total. The summed E-state index contributed by atoms with van der Waals surface area (Å²) in [6, 6.07) is 9.47. The molecule has 0 saturated heterocycles. The lowest BCUT2D eigenvalue weighted by Gasteiger charge is -2.31. The number of nitrogens with two attached hydrogens (primary N) is 1. The molecule has 0 aliphatic heterocycles. The van der Waals surface area contributed by atoms with E-state index < -0.39 is 17.2 Å². The molecular weight excluding hydrogens is 270 g/mol. The van der Waals surface area contributed by atoms with Crippen LogP contribution in [-0.2, 0) is 11.2 Å². The van der Waals surface area contributed by atoms with Crippen LogP contribution < -0.4 is 11.1 Å². The number of ether oxygens (including phenoxy) is 1. The first kappa shape index (κ1) is 16.8. The number of alkyl carbamates (subject to hydrolysis) is 1. The number of amidine groups is 1. The summed E-state index contributed by atoms with van der Waals surface area (Å²) >= 11 is 0. The number of nitrogens with zero attached hydrogens (tertiary/aromatic N) is 1. The number of hydrogen-bond acceptors (Lipinski definition) is 4. The summed E-state index contributed by atoms with van der Waals surface area (Å²) in [4.78, 5) is 12.0. The topological polar surface area (TPSA) is 96.9 Å². The van der Waals surface area contributed by atoms with Crippen molar-refractivity contribution in [1.29, 1.82) is 0 Å². The number of nitrogens with one attached hydrogen (secondary N) is 1. The van der Waals surface area contributed by atoms with E-state index in [1.807, 2.05) is 30.3 Å². The van der Waals surface area contributed by atoms with Crippen LogP contribution in [0.15, 0.2) is 35.5 Å². The third-order valence-corrected chi connectivity index (χ3v) is 2.85. The van der Waals surface area contributed by atoms with Crippen LogP contribution >= 0.6 is 0 Å². The first-order valence-corrected chi connectivity index (χ1v) is 6.69. The maximum Gasteiger partial charge on any atom is 0.408 e. The van der Waals surface area contributed by atoms with Gasteiger partial charge in [-0.25, -0.2) is 4.79 Å². The molecule has 1 aromatic carbocycles. The Bertz CT molecular complexity index is 509. The average molecular weight is 293 g/mol. The summed E-state index contributed by atoms with van der Waals surface area (Å²) < 4.78 is 5.22. The van der Waals surface area contributed by atoms with Crippen molar-refractivity contribution in [3.05, 3.63) is 35.9 Å². The van der Waals surface area contributed by atoms with Crippen LogP contribution in [0.25, 0.3) is 0 Å². The molecule has 0 bridgehead atoms. The second-order valence-electron chi connectivity index (χ2n) is 6.11. The van der Waals surface area contributed by atoms with E-state index >= 15 is 0 Å². The van der Waals surface area contributed by atoms with Crippen LogP contribution in [0.5, 0.6) is 0 Å². The second-order valence-corrected chi connectivity index (χ2v) is 6.11. The van der Waals surface area contributed by atoms with E-state index in [2.05, 4.69) is 10.5 Å². The van der Waals surface area contributed by atoms with Crippen LogP contribution in [0.1, 0.15) is 33.3 Å². The van der Waals surface area contributed by atoms with Crippen molar-refractivity contribution in [2.75, 3.05) is 0 Å². The summed E-state index contributed by atoms with van der Waals surface area (Å²) in [6.45, 7) is 6.98. The van der Waals surface area contributed by atoms with Crippen molar-refractivity contribution in [2.24, 2.45) is 10.9 Å². The Balaban J connectivity index is 2.92. The first-order valence-electron chi connectivity index (χ1n) is 6.69. The van der Waals surface area contributed by atoms with Gasteiger partial charge in [0.25, 0.3) is 0 Å². The maximum absolute atomic E-state index is 12.0. The van der Waals surface area contributed by atoms with Crippen LogP contribution in [0, 0.1) is 0 Å². The number of benzene rings is 1. The molecule has 0 radical (unpaired) electrons. The molecule has 1 rings (SSSR count). The molecule has 1 aromatic rings. The zero-order chi connectivity index (χ0) is 16.1. The second kappa shape index (κ2) is 6.47. The third-order valence-electron chi connectivity index (χ3n) is 2.85. The molecule has 6 nitrogen and oxygen atoms in total. The molecule has 0 aliphatic carbocycles. The average Bonchev–Trinajstić information content (AvgIpc) is 2.36. The monoisotopic (exact) mass is 293 g/mol. The highest BCUT2D eigenvalue weighted by atomic mass is 16.6. The number of hydrogen-bond donors (Lipinski definition) is 3. The van der Waals surface area contributed by atoms with Gasteiger partial charge in [0.1, 0.15) is 11.1 Å². The normalized spacial score (nSPS) is 15.1. The highest BCUT2D eigenvalue weighted by Gasteiger charge is 2.33. The van der Waals surface area contributed by atoms with E-state index in [0.717, 1.165) is 5.56 Å². The van der Waals surface area contributed by atoms with E-state index in [1.165, 1.54) is 0 Å².